The van der Waals surface area contributed by atoms with E-state index in [9.17, 15) is 38.2 Å². The quantitative estimate of drug-likeness (QED) is 0.0193. The van der Waals surface area contributed by atoms with E-state index >= 15 is 0 Å². The highest BCUT2D eigenvalue weighted by molar-refractivity contribution is 7.80. The van der Waals surface area contributed by atoms with Gasteiger partial charge in [0.15, 0.2) is 6.29 Å². The molecule has 0 aromatic rings. The van der Waals surface area contributed by atoms with Crippen LogP contribution in [-0.2, 0) is 28.9 Å². The number of aliphatic hydroxyl groups is 4. The molecule has 6 N–H and O–H groups in total. The maximum Gasteiger partial charge on any atom is 0.397 e. The monoisotopic (exact) mass is 946 g/mol. The van der Waals surface area contributed by atoms with Crippen molar-refractivity contribution in [3.63, 3.8) is 0 Å². The number of unbranched alkanes of at least 4 members (excludes halogenated alkanes) is 32. The third-order valence-electron chi connectivity index (χ3n) is 12.7. The van der Waals surface area contributed by atoms with Gasteiger partial charge in [0.25, 0.3) is 0 Å². The standard InChI is InChI=1S/C52H99NO11S/c1-3-5-7-9-11-13-15-17-18-19-20-21-22-23-24-25-26-27-28-30-31-33-35-37-39-41-46(55)45(44-62-52-50(58)51(64-65(59,60)61)49(57)47(43-54)63-52)53-48(56)42-40-38-36-34-32-29-16-14-12-10-8-6-4-2/h29,32,39,41,45-47,49-52,54-55,57-58H,3-28,30-31,33-38,40,42-44H2,1-2H3,(H,53,56)(H,59,60,61)/b32-29-,41-39+. The van der Waals surface area contributed by atoms with E-state index < -0.39 is 59.9 Å². The molecular weight excluding hydrogens is 847 g/mol. The Bertz CT molecular complexity index is 1250. The Balaban J connectivity index is 2.39. The number of amides is 1. The molecule has 13 heteroatoms. The van der Waals surface area contributed by atoms with Gasteiger partial charge in [0.05, 0.1) is 25.4 Å². The Morgan fingerprint density at radius 2 is 0.985 bits per heavy atom. The van der Waals surface area contributed by atoms with Gasteiger partial charge in [-0.1, -0.05) is 218 Å². The second kappa shape index (κ2) is 42.7. The third kappa shape index (κ3) is 35.4. The van der Waals surface area contributed by atoms with Crippen molar-refractivity contribution in [2.24, 2.45) is 0 Å². The maximum atomic E-state index is 13.0. The first-order chi connectivity index (χ1) is 31.5. The fraction of sp³-hybridized carbons (Fsp3) is 0.904. The largest absolute Gasteiger partial charge is 0.397 e. The Labute approximate surface area is 397 Å². The van der Waals surface area contributed by atoms with Gasteiger partial charge < -0.3 is 35.2 Å². The first kappa shape index (κ1) is 61.6. The number of hydrogen-bond acceptors (Lipinski definition) is 10. The average Bonchev–Trinajstić information content (AvgIpc) is 3.28. The average molecular weight is 946 g/mol. The molecule has 1 aliphatic heterocycles. The molecule has 1 rings (SSSR count). The highest BCUT2D eigenvalue weighted by Gasteiger charge is 2.48. The van der Waals surface area contributed by atoms with E-state index in [-0.39, 0.29) is 18.9 Å². The van der Waals surface area contributed by atoms with Crippen LogP contribution in [0.1, 0.15) is 245 Å². The summed E-state index contributed by atoms with van der Waals surface area (Å²) >= 11 is 0. The third-order valence-corrected chi connectivity index (χ3v) is 13.2. The molecule has 1 fully saturated rings. The zero-order valence-corrected chi connectivity index (χ0v) is 42.1. The van der Waals surface area contributed by atoms with Crippen molar-refractivity contribution >= 4 is 16.3 Å². The summed E-state index contributed by atoms with van der Waals surface area (Å²) in [5, 5.41) is 44.8. The normalized spacial score (nSPS) is 20.3. The SMILES string of the molecule is CCCCCCCC/C=C\CCCCCC(=O)NC(COC1OC(CO)C(O)C(OS(=O)(=O)O)C1O)C(O)/C=C/CCCCCCCCCCCCCCCCCCCCCCCCC. The summed E-state index contributed by atoms with van der Waals surface area (Å²) in [7, 11) is -5.09. The Morgan fingerprint density at radius 3 is 1.38 bits per heavy atom. The molecule has 1 heterocycles. The molecule has 12 nitrogen and oxygen atoms in total. The van der Waals surface area contributed by atoms with E-state index in [0.29, 0.717) is 6.42 Å². The second-order valence-corrected chi connectivity index (χ2v) is 19.9. The van der Waals surface area contributed by atoms with Gasteiger partial charge in [-0.15, -0.1) is 0 Å². The first-order valence-electron chi connectivity index (χ1n) is 26.7. The Kier molecular flexibility index (Phi) is 40.4. The lowest BCUT2D eigenvalue weighted by Crippen LogP contribution is -2.61. The molecule has 7 atom stereocenters. The number of allylic oxidation sites excluding steroid dienone is 3. The lowest BCUT2D eigenvalue weighted by atomic mass is 9.99. The minimum absolute atomic E-state index is 0.250. The lowest BCUT2D eigenvalue weighted by Gasteiger charge is -2.41. The predicted molar refractivity (Wildman–Crippen MR) is 264 cm³/mol. The van der Waals surface area contributed by atoms with Crippen LogP contribution in [0.4, 0.5) is 0 Å². The summed E-state index contributed by atoms with van der Waals surface area (Å²) in [6.07, 6.45) is 42.3. The summed E-state index contributed by atoms with van der Waals surface area (Å²) in [5.41, 5.74) is 0. The first-order valence-corrected chi connectivity index (χ1v) is 28.1. The minimum Gasteiger partial charge on any atom is -0.394 e. The van der Waals surface area contributed by atoms with Crippen LogP contribution in [0.25, 0.3) is 0 Å². The van der Waals surface area contributed by atoms with Crippen molar-refractivity contribution in [3.05, 3.63) is 24.3 Å². The van der Waals surface area contributed by atoms with Gasteiger partial charge in [-0.2, -0.15) is 8.42 Å². The smallest absolute Gasteiger partial charge is 0.394 e. The zero-order valence-electron chi connectivity index (χ0n) is 41.3. The number of hydrogen-bond donors (Lipinski definition) is 6. The summed E-state index contributed by atoms with van der Waals surface area (Å²) in [5.74, 6) is -0.277. The Hall–Kier alpha value is -1.42. The highest BCUT2D eigenvalue weighted by atomic mass is 32.3. The summed E-state index contributed by atoms with van der Waals surface area (Å²) in [4.78, 5) is 13.0. The predicted octanol–water partition coefficient (Wildman–Crippen LogP) is 11.7. The minimum atomic E-state index is -5.09. The van der Waals surface area contributed by atoms with E-state index in [0.717, 1.165) is 44.9 Å². The van der Waals surface area contributed by atoms with Crippen molar-refractivity contribution in [1.29, 1.82) is 0 Å². The van der Waals surface area contributed by atoms with E-state index in [2.05, 4.69) is 35.5 Å². The molecule has 0 aromatic carbocycles. The van der Waals surface area contributed by atoms with Crippen molar-refractivity contribution < 1.29 is 51.8 Å². The lowest BCUT2D eigenvalue weighted by molar-refractivity contribution is -0.298. The van der Waals surface area contributed by atoms with Crippen LogP contribution in [0.2, 0.25) is 0 Å². The topological polar surface area (TPSA) is 192 Å². The van der Waals surface area contributed by atoms with Crippen LogP contribution in [0.15, 0.2) is 24.3 Å². The number of aliphatic hydroxyl groups excluding tert-OH is 4. The van der Waals surface area contributed by atoms with Crippen molar-refractivity contribution in [2.75, 3.05) is 13.2 Å². The van der Waals surface area contributed by atoms with Crippen molar-refractivity contribution in [2.45, 2.75) is 288 Å². The zero-order chi connectivity index (χ0) is 47.6. The number of carbonyl (C=O) groups is 1. The van der Waals surface area contributed by atoms with Crippen LogP contribution in [0.3, 0.4) is 0 Å². The number of ether oxygens (including phenoxy) is 2. The molecule has 65 heavy (non-hydrogen) atoms. The van der Waals surface area contributed by atoms with Gasteiger partial charge in [0.2, 0.25) is 5.91 Å². The van der Waals surface area contributed by atoms with Crippen LogP contribution >= 0.6 is 0 Å². The van der Waals surface area contributed by atoms with E-state index in [4.69, 9.17) is 9.47 Å². The molecule has 0 radical (unpaired) electrons. The maximum absolute atomic E-state index is 13.0. The molecule has 1 saturated heterocycles. The molecule has 0 aromatic heterocycles. The van der Waals surface area contributed by atoms with Gasteiger partial charge in [-0.25, -0.2) is 4.18 Å². The molecule has 7 unspecified atom stereocenters. The van der Waals surface area contributed by atoms with E-state index in [1.54, 1.807) is 6.08 Å². The molecule has 0 saturated carbocycles. The van der Waals surface area contributed by atoms with Crippen molar-refractivity contribution in [1.82, 2.24) is 5.32 Å². The number of nitrogens with one attached hydrogen (secondary N) is 1. The van der Waals surface area contributed by atoms with Gasteiger partial charge in [-0.05, 0) is 44.9 Å². The van der Waals surface area contributed by atoms with Crippen LogP contribution in [0.5, 0.6) is 0 Å². The molecule has 384 valence electrons. The molecule has 1 aliphatic rings. The second-order valence-electron chi connectivity index (χ2n) is 18.8. The van der Waals surface area contributed by atoms with Crippen molar-refractivity contribution in [3.8, 4) is 0 Å². The van der Waals surface area contributed by atoms with Crippen LogP contribution in [-0.4, -0.2) is 95.4 Å². The fourth-order valence-corrected chi connectivity index (χ4v) is 9.08. The molecule has 0 aliphatic carbocycles. The fourth-order valence-electron chi connectivity index (χ4n) is 8.57. The van der Waals surface area contributed by atoms with E-state index in [1.807, 2.05) is 6.08 Å². The summed E-state index contributed by atoms with van der Waals surface area (Å²) in [6.45, 7) is 3.39. The van der Waals surface area contributed by atoms with Gasteiger partial charge in [0, 0.05) is 6.42 Å². The molecule has 0 spiro atoms. The number of carbonyl (C=O) groups excluding carboxylic acids is 1. The highest BCUT2D eigenvalue weighted by Crippen LogP contribution is 2.26. The molecular formula is C52H99NO11S. The Morgan fingerprint density at radius 1 is 0.600 bits per heavy atom. The van der Waals surface area contributed by atoms with Gasteiger partial charge in [0.1, 0.15) is 24.4 Å². The van der Waals surface area contributed by atoms with Gasteiger partial charge >= 0.3 is 10.4 Å². The number of rotatable bonds is 46. The van der Waals surface area contributed by atoms with Crippen LogP contribution in [0, 0.1) is 0 Å². The van der Waals surface area contributed by atoms with Gasteiger partial charge in [-0.3, -0.25) is 9.35 Å². The summed E-state index contributed by atoms with van der Waals surface area (Å²) < 4.78 is 47.7. The van der Waals surface area contributed by atoms with E-state index in [1.165, 1.54) is 173 Å². The summed E-state index contributed by atoms with van der Waals surface area (Å²) in [6, 6.07) is -0.950. The van der Waals surface area contributed by atoms with Crippen LogP contribution < -0.4 is 5.32 Å². The molecule has 0 bridgehead atoms. The molecule has 1 amide bonds.